The van der Waals surface area contributed by atoms with Gasteiger partial charge in [0.15, 0.2) is 9.84 Å². The largest absolute Gasteiger partial charge is 0.507 e. The molecule has 0 spiro atoms. The summed E-state index contributed by atoms with van der Waals surface area (Å²) in [6.07, 6.45) is 6.98. The van der Waals surface area contributed by atoms with Gasteiger partial charge in [-0.2, -0.15) is 5.10 Å². The number of nitrogens with zero attached hydrogens (tertiary/aromatic N) is 2. The molecule has 1 N–H and O–H groups in total. The quantitative estimate of drug-likeness (QED) is 0.711. The maximum Gasteiger partial charge on any atom is 0.175 e. The molecule has 0 saturated carbocycles. The maximum atomic E-state index is 11.9. The molecule has 6 heteroatoms. The van der Waals surface area contributed by atoms with Crippen LogP contribution in [0.5, 0.6) is 5.75 Å². The molecule has 25 heavy (non-hydrogen) atoms. The molecule has 0 radical (unpaired) electrons. The summed E-state index contributed by atoms with van der Waals surface area (Å²) in [5, 5.41) is 14.9. The van der Waals surface area contributed by atoms with Crippen LogP contribution in [0, 0.1) is 13.8 Å². The van der Waals surface area contributed by atoms with E-state index in [9.17, 15) is 13.5 Å². The van der Waals surface area contributed by atoms with Gasteiger partial charge < -0.3 is 5.11 Å². The second kappa shape index (κ2) is 8.04. The van der Waals surface area contributed by atoms with Crippen LogP contribution in [0.25, 0.3) is 11.3 Å². The maximum absolute atomic E-state index is 11.9. The summed E-state index contributed by atoms with van der Waals surface area (Å²) in [4.78, 5) is 0.202. The Labute approximate surface area is 150 Å². The summed E-state index contributed by atoms with van der Waals surface area (Å²) in [7, 11) is -3.34. The van der Waals surface area contributed by atoms with Gasteiger partial charge in [-0.1, -0.05) is 32.6 Å². The van der Waals surface area contributed by atoms with Gasteiger partial charge in [-0.05, 0) is 44.0 Å². The molecule has 0 fully saturated rings. The summed E-state index contributed by atoms with van der Waals surface area (Å²) < 4.78 is 25.6. The van der Waals surface area contributed by atoms with E-state index in [0.29, 0.717) is 5.56 Å². The van der Waals surface area contributed by atoms with E-state index < -0.39 is 9.84 Å². The van der Waals surface area contributed by atoms with Crippen LogP contribution in [0.3, 0.4) is 0 Å². The summed E-state index contributed by atoms with van der Waals surface area (Å²) >= 11 is 0. The molecule has 1 aromatic heterocycles. The zero-order chi connectivity index (χ0) is 18.6. The topological polar surface area (TPSA) is 72.2 Å². The number of phenolic OH excluding ortho intramolecular Hbond substituents is 1. The summed E-state index contributed by atoms with van der Waals surface area (Å²) in [5.41, 5.74) is 3.19. The normalized spacial score (nSPS) is 11.8. The van der Waals surface area contributed by atoms with Crippen molar-refractivity contribution in [2.45, 2.75) is 64.3 Å². The van der Waals surface area contributed by atoms with E-state index in [2.05, 4.69) is 12.0 Å². The van der Waals surface area contributed by atoms with E-state index in [-0.39, 0.29) is 10.6 Å². The van der Waals surface area contributed by atoms with E-state index in [1.54, 1.807) is 6.07 Å². The first-order valence-electron chi connectivity index (χ1n) is 8.83. The standard InChI is InChI=1S/C19H28N2O3S/c1-5-6-7-8-9-12-21-19(14(2)15(3)20-21)17-13-16(25(4,23)24)10-11-18(17)22/h10-11,13,22H,5-9,12H2,1-4H3. The number of benzene rings is 1. The number of rotatable bonds is 8. The lowest BCUT2D eigenvalue weighted by Gasteiger charge is -2.12. The summed E-state index contributed by atoms with van der Waals surface area (Å²) in [6.45, 7) is 6.84. The van der Waals surface area contributed by atoms with Crippen molar-refractivity contribution in [3.05, 3.63) is 29.5 Å². The first-order chi connectivity index (χ1) is 11.8. The second-order valence-corrected chi connectivity index (χ2v) is 8.66. The smallest absolute Gasteiger partial charge is 0.175 e. The number of aryl methyl sites for hydroxylation is 2. The first-order valence-corrected chi connectivity index (χ1v) is 10.7. The van der Waals surface area contributed by atoms with Crippen molar-refractivity contribution in [3.8, 4) is 17.0 Å². The number of hydrogen-bond donors (Lipinski definition) is 1. The van der Waals surface area contributed by atoms with Crippen molar-refractivity contribution in [2.24, 2.45) is 0 Å². The molecular weight excluding hydrogens is 336 g/mol. The van der Waals surface area contributed by atoms with Crippen LogP contribution >= 0.6 is 0 Å². The van der Waals surface area contributed by atoms with Gasteiger partial charge in [-0.3, -0.25) is 4.68 Å². The fourth-order valence-corrected chi connectivity index (χ4v) is 3.62. The third-order valence-corrected chi connectivity index (χ3v) is 5.66. The Morgan fingerprint density at radius 1 is 1.12 bits per heavy atom. The molecule has 0 saturated heterocycles. The molecule has 2 aromatic rings. The average Bonchev–Trinajstić information content (AvgIpc) is 2.81. The third kappa shape index (κ3) is 4.63. The highest BCUT2D eigenvalue weighted by Gasteiger charge is 2.19. The lowest BCUT2D eigenvalue weighted by Crippen LogP contribution is -2.04. The van der Waals surface area contributed by atoms with Crippen LogP contribution in [0.4, 0.5) is 0 Å². The van der Waals surface area contributed by atoms with Crippen molar-refractivity contribution in [1.29, 1.82) is 0 Å². The van der Waals surface area contributed by atoms with Crippen molar-refractivity contribution < 1.29 is 13.5 Å². The molecule has 0 aliphatic rings. The van der Waals surface area contributed by atoms with E-state index in [4.69, 9.17) is 0 Å². The minimum Gasteiger partial charge on any atom is -0.507 e. The number of aromatic nitrogens is 2. The molecule has 0 aliphatic carbocycles. The number of unbranched alkanes of at least 4 members (excludes halogenated alkanes) is 4. The monoisotopic (exact) mass is 364 g/mol. The summed E-state index contributed by atoms with van der Waals surface area (Å²) in [5.74, 6) is 0.0719. The zero-order valence-electron chi connectivity index (χ0n) is 15.5. The van der Waals surface area contributed by atoms with E-state index >= 15 is 0 Å². The van der Waals surface area contributed by atoms with Gasteiger partial charge in [0.2, 0.25) is 0 Å². The Balaban J connectivity index is 2.38. The highest BCUT2D eigenvalue weighted by atomic mass is 32.2. The number of aromatic hydroxyl groups is 1. The van der Waals surface area contributed by atoms with Crippen LogP contribution in [-0.4, -0.2) is 29.6 Å². The van der Waals surface area contributed by atoms with E-state index in [1.807, 2.05) is 18.5 Å². The minimum absolute atomic E-state index is 0.0719. The van der Waals surface area contributed by atoms with Crippen molar-refractivity contribution in [3.63, 3.8) is 0 Å². The van der Waals surface area contributed by atoms with Gasteiger partial charge in [-0.15, -0.1) is 0 Å². The Hall–Kier alpha value is -1.82. The molecule has 0 bridgehead atoms. The van der Waals surface area contributed by atoms with Crippen molar-refractivity contribution in [1.82, 2.24) is 9.78 Å². The lowest BCUT2D eigenvalue weighted by atomic mass is 10.1. The van der Waals surface area contributed by atoms with Crippen LogP contribution in [0.15, 0.2) is 23.1 Å². The van der Waals surface area contributed by atoms with Gasteiger partial charge in [0, 0.05) is 18.4 Å². The molecule has 1 aromatic carbocycles. The van der Waals surface area contributed by atoms with Crippen LogP contribution in [-0.2, 0) is 16.4 Å². The van der Waals surface area contributed by atoms with Crippen LogP contribution in [0.2, 0.25) is 0 Å². The molecule has 5 nitrogen and oxygen atoms in total. The first kappa shape index (κ1) is 19.5. The molecule has 0 atom stereocenters. The molecule has 1 heterocycles. The highest BCUT2D eigenvalue weighted by Crippen LogP contribution is 2.34. The molecular formula is C19H28N2O3S. The number of sulfone groups is 1. The number of phenols is 1. The Kier molecular flexibility index (Phi) is 6.27. The Morgan fingerprint density at radius 3 is 2.44 bits per heavy atom. The van der Waals surface area contributed by atoms with Gasteiger partial charge in [0.25, 0.3) is 0 Å². The van der Waals surface area contributed by atoms with E-state index in [1.165, 1.54) is 37.7 Å². The predicted octanol–water partition coefficient (Wildman–Crippen LogP) is 4.25. The van der Waals surface area contributed by atoms with Crippen molar-refractivity contribution in [2.75, 3.05) is 6.26 Å². The predicted molar refractivity (Wildman–Crippen MR) is 101 cm³/mol. The summed E-state index contributed by atoms with van der Waals surface area (Å²) in [6, 6.07) is 4.42. The molecule has 0 aliphatic heterocycles. The second-order valence-electron chi connectivity index (χ2n) is 6.65. The fraction of sp³-hybridized carbons (Fsp3) is 0.526. The molecule has 2 rings (SSSR count). The third-order valence-electron chi connectivity index (χ3n) is 4.55. The van der Waals surface area contributed by atoms with Crippen LogP contribution in [0.1, 0.15) is 50.3 Å². The molecule has 0 unspecified atom stereocenters. The fourth-order valence-electron chi connectivity index (χ4n) is 2.97. The van der Waals surface area contributed by atoms with Gasteiger partial charge in [0.05, 0.1) is 16.3 Å². The number of hydrogen-bond acceptors (Lipinski definition) is 4. The Bertz CT molecular complexity index is 839. The van der Waals surface area contributed by atoms with Gasteiger partial charge >= 0.3 is 0 Å². The van der Waals surface area contributed by atoms with Gasteiger partial charge in [-0.25, -0.2) is 8.42 Å². The highest BCUT2D eigenvalue weighted by molar-refractivity contribution is 7.90. The lowest BCUT2D eigenvalue weighted by molar-refractivity contribution is 0.474. The molecule has 0 amide bonds. The van der Waals surface area contributed by atoms with E-state index in [0.717, 1.165) is 36.3 Å². The Morgan fingerprint density at radius 2 is 1.80 bits per heavy atom. The van der Waals surface area contributed by atoms with Gasteiger partial charge in [0.1, 0.15) is 5.75 Å². The van der Waals surface area contributed by atoms with Crippen LogP contribution < -0.4 is 0 Å². The average molecular weight is 365 g/mol. The molecule has 138 valence electrons. The zero-order valence-corrected chi connectivity index (χ0v) is 16.4. The van der Waals surface area contributed by atoms with Crippen molar-refractivity contribution >= 4 is 9.84 Å². The SMILES string of the molecule is CCCCCCCn1nc(C)c(C)c1-c1cc(S(C)(=O)=O)ccc1O. The minimum atomic E-state index is -3.34.